The summed E-state index contributed by atoms with van der Waals surface area (Å²) < 4.78 is 14.4. The summed E-state index contributed by atoms with van der Waals surface area (Å²) in [5.74, 6) is 0.882. The Kier molecular flexibility index (Phi) is 5.49. The molecular formula is C21H22ClN3O4. The highest BCUT2D eigenvalue weighted by atomic mass is 35.5. The fourth-order valence-electron chi connectivity index (χ4n) is 3.51. The number of halogens is 1. The monoisotopic (exact) mass is 415 g/mol. The van der Waals surface area contributed by atoms with Gasteiger partial charge in [0.2, 0.25) is 5.91 Å². The van der Waals surface area contributed by atoms with Crippen LogP contribution in [0.2, 0.25) is 5.02 Å². The Labute approximate surface area is 172 Å². The second-order valence-corrected chi connectivity index (χ2v) is 7.26. The van der Waals surface area contributed by atoms with Gasteiger partial charge >= 0.3 is 5.69 Å². The SMILES string of the molecule is CCCn1c(=O)n(CCC(=O)Nc2cc3c(cc2Cl)OCCO3)c2ccccc21. The van der Waals surface area contributed by atoms with Gasteiger partial charge in [-0.3, -0.25) is 13.9 Å². The average Bonchev–Trinajstić information content (AvgIpc) is 2.99. The van der Waals surface area contributed by atoms with Crippen molar-refractivity contribution in [3.8, 4) is 11.5 Å². The zero-order valence-corrected chi connectivity index (χ0v) is 16.9. The van der Waals surface area contributed by atoms with Crippen LogP contribution in [-0.2, 0) is 17.9 Å². The molecule has 1 aliphatic rings. The number of rotatable bonds is 6. The average molecular weight is 416 g/mol. The minimum absolute atomic E-state index is 0.0989. The summed E-state index contributed by atoms with van der Waals surface area (Å²) >= 11 is 6.26. The van der Waals surface area contributed by atoms with E-state index in [1.54, 1.807) is 21.3 Å². The minimum atomic E-state index is -0.234. The first-order chi connectivity index (χ1) is 14.1. The summed E-state index contributed by atoms with van der Waals surface area (Å²) in [7, 11) is 0. The molecule has 1 amide bonds. The summed E-state index contributed by atoms with van der Waals surface area (Å²) in [5, 5.41) is 3.18. The molecule has 4 rings (SSSR count). The first kappa shape index (κ1) is 19.4. The predicted octanol–water partition coefficient (Wildman–Crippen LogP) is 3.67. The number of anilines is 1. The van der Waals surface area contributed by atoms with E-state index < -0.39 is 0 Å². The zero-order valence-electron chi connectivity index (χ0n) is 16.1. The Bertz CT molecular complexity index is 1120. The van der Waals surface area contributed by atoms with Gasteiger partial charge in [-0.1, -0.05) is 30.7 Å². The molecule has 2 aromatic carbocycles. The molecule has 3 aromatic rings. The van der Waals surface area contributed by atoms with Gasteiger partial charge in [0, 0.05) is 31.6 Å². The molecule has 2 heterocycles. The molecule has 0 saturated heterocycles. The number of hydrogen-bond donors (Lipinski definition) is 1. The van der Waals surface area contributed by atoms with Gasteiger partial charge in [0.05, 0.1) is 21.7 Å². The Hall–Kier alpha value is -2.93. The van der Waals surface area contributed by atoms with Crippen molar-refractivity contribution < 1.29 is 14.3 Å². The number of para-hydroxylation sites is 2. The topological polar surface area (TPSA) is 74.5 Å². The largest absolute Gasteiger partial charge is 0.486 e. The molecule has 0 bridgehead atoms. The highest BCUT2D eigenvalue weighted by Gasteiger charge is 2.17. The van der Waals surface area contributed by atoms with Crippen LogP contribution in [0.15, 0.2) is 41.2 Å². The normalized spacial score (nSPS) is 12.9. The minimum Gasteiger partial charge on any atom is -0.486 e. The Morgan fingerprint density at radius 1 is 1.07 bits per heavy atom. The number of carbonyl (C=O) groups is 1. The molecule has 0 atom stereocenters. The quantitative estimate of drug-likeness (QED) is 0.666. The lowest BCUT2D eigenvalue weighted by atomic mass is 10.2. The van der Waals surface area contributed by atoms with Crippen LogP contribution in [0.4, 0.5) is 5.69 Å². The maximum atomic E-state index is 12.8. The molecule has 1 aromatic heterocycles. The molecule has 1 N–H and O–H groups in total. The van der Waals surface area contributed by atoms with Gasteiger partial charge in [-0.05, 0) is 18.6 Å². The number of hydrogen-bond acceptors (Lipinski definition) is 4. The number of nitrogens with one attached hydrogen (secondary N) is 1. The van der Waals surface area contributed by atoms with Crippen LogP contribution in [0.5, 0.6) is 11.5 Å². The number of aromatic nitrogens is 2. The predicted molar refractivity (Wildman–Crippen MR) is 112 cm³/mol. The summed E-state index contributed by atoms with van der Waals surface area (Å²) in [6.45, 7) is 3.88. The van der Waals surface area contributed by atoms with Gasteiger partial charge < -0.3 is 14.8 Å². The second kappa shape index (κ2) is 8.21. The Balaban J connectivity index is 1.51. The lowest BCUT2D eigenvalue weighted by Gasteiger charge is -2.20. The zero-order chi connectivity index (χ0) is 20.4. The Morgan fingerprint density at radius 3 is 2.34 bits per heavy atom. The molecule has 1 aliphatic heterocycles. The van der Waals surface area contributed by atoms with Crippen molar-refractivity contribution in [3.63, 3.8) is 0 Å². The summed E-state index contributed by atoms with van der Waals surface area (Å²) in [6.07, 6.45) is 1.00. The third-order valence-electron chi connectivity index (χ3n) is 4.84. The molecule has 29 heavy (non-hydrogen) atoms. The second-order valence-electron chi connectivity index (χ2n) is 6.85. The lowest BCUT2D eigenvalue weighted by molar-refractivity contribution is -0.116. The maximum Gasteiger partial charge on any atom is 0.329 e. The number of amides is 1. The van der Waals surface area contributed by atoms with E-state index in [0.717, 1.165) is 17.5 Å². The van der Waals surface area contributed by atoms with Gasteiger partial charge in [0.15, 0.2) is 11.5 Å². The number of benzene rings is 2. The molecule has 0 radical (unpaired) electrons. The molecule has 8 heteroatoms. The molecule has 152 valence electrons. The third-order valence-corrected chi connectivity index (χ3v) is 5.15. The number of nitrogens with zero attached hydrogens (tertiary/aromatic N) is 2. The van der Waals surface area contributed by atoms with Crippen LogP contribution >= 0.6 is 11.6 Å². The van der Waals surface area contributed by atoms with E-state index in [4.69, 9.17) is 21.1 Å². The third kappa shape index (κ3) is 3.82. The van der Waals surface area contributed by atoms with Crippen molar-refractivity contribution in [2.24, 2.45) is 0 Å². The highest BCUT2D eigenvalue weighted by Crippen LogP contribution is 2.38. The van der Waals surface area contributed by atoms with Crippen LogP contribution in [-0.4, -0.2) is 28.3 Å². The van der Waals surface area contributed by atoms with Crippen LogP contribution in [0, 0.1) is 0 Å². The first-order valence-electron chi connectivity index (χ1n) is 9.65. The number of carbonyl (C=O) groups excluding carboxylic acids is 1. The van der Waals surface area contributed by atoms with E-state index in [1.807, 2.05) is 31.2 Å². The van der Waals surface area contributed by atoms with Gasteiger partial charge in [0.1, 0.15) is 13.2 Å². The molecule has 7 nitrogen and oxygen atoms in total. The molecule has 0 fully saturated rings. The first-order valence-corrected chi connectivity index (χ1v) is 10.0. The van der Waals surface area contributed by atoms with Crippen molar-refractivity contribution in [3.05, 3.63) is 51.9 Å². The van der Waals surface area contributed by atoms with Crippen molar-refractivity contribution in [2.45, 2.75) is 32.9 Å². The van der Waals surface area contributed by atoms with Crippen molar-refractivity contribution >= 4 is 34.2 Å². The van der Waals surface area contributed by atoms with E-state index in [2.05, 4.69) is 5.32 Å². The van der Waals surface area contributed by atoms with E-state index in [1.165, 1.54) is 0 Å². The van der Waals surface area contributed by atoms with Crippen LogP contribution < -0.4 is 20.5 Å². The molecule has 0 unspecified atom stereocenters. The van der Waals surface area contributed by atoms with Crippen LogP contribution in [0.25, 0.3) is 11.0 Å². The van der Waals surface area contributed by atoms with E-state index in [-0.39, 0.29) is 24.6 Å². The van der Waals surface area contributed by atoms with E-state index >= 15 is 0 Å². The number of imidazole rings is 1. The van der Waals surface area contributed by atoms with Crippen LogP contribution in [0.3, 0.4) is 0 Å². The standard InChI is InChI=1S/C21H22ClN3O4/c1-2-8-24-16-5-3-4-6-17(16)25(21(24)27)9-7-20(26)23-15-13-19-18(12-14(15)22)28-10-11-29-19/h3-6,12-13H,2,7-11H2,1H3,(H,23,26). The fourth-order valence-corrected chi connectivity index (χ4v) is 3.71. The molecular weight excluding hydrogens is 394 g/mol. The molecule has 0 aliphatic carbocycles. The van der Waals surface area contributed by atoms with Gasteiger partial charge in [-0.2, -0.15) is 0 Å². The smallest absolute Gasteiger partial charge is 0.329 e. The van der Waals surface area contributed by atoms with Gasteiger partial charge in [0.25, 0.3) is 0 Å². The summed E-state index contributed by atoms with van der Waals surface area (Å²) in [6, 6.07) is 10.9. The van der Waals surface area contributed by atoms with Crippen molar-refractivity contribution in [1.82, 2.24) is 9.13 Å². The highest BCUT2D eigenvalue weighted by molar-refractivity contribution is 6.34. The van der Waals surface area contributed by atoms with E-state index in [9.17, 15) is 9.59 Å². The lowest BCUT2D eigenvalue weighted by Crippen LogP contribution is -2.26. The number of ether oxygens (including phenoxy) is 2. The van der Waals surface area contributed by atoms with Gasteiger partial charge in [-0.15, -0.1) is 0 Å². The molecule has 0 saturated carbocycles. The number of aryl methyl sites for hydroxylation is 2. The summed E-state index contributed by atoms with van der Waals surface area (Å²) in [5.41, 5.74) is 2.07. The Morgan fingerprint density at radius 2 is 1.69 bits per heavy atom. The fraction of sp³-hybridized carbons (Fsp3) is 0.333. The summed E-state index contributed by atoms with van der Waals surface area (Å²) in [4.78, 5) is 25.3. The van der Waals surface area contributed by atoms with Crippen LogP contribution in [0.1, 0.15) is 19.8 Å². The van der Waals surface area contributed by atoms with Crippen molar-refractivity contribution in [2.75, 3.05) is 18.5 Å². The van der Waals surface area contributed by atoms with Crippen molar-refractivity contribution in [1.29, 1.82) is 0 Å². The molecule has 0 spiro atoms. The number of fused-ring (bicyclic) bond motifs is 2. The van der Waals surface area contributed by atoms with Gasteiger partial charge in [-0.25, -0.2) is 4.79 Å². The van der Waals surface area contributed by atoms with E-state index in [0.29, 0.717) is 42.0 Å². The maximum absolute atomic E-state index is 12.8.